The average Bonchev–Trinajstić information content (AvgIpc) is 3.11. The Morgan fingerprint density at radius 2 is 1.76 bits per heavy atom. The highest BCUT2D eigenvalue weighted by Gasteiger charge is 2.47. The number of halogens is 1. The van der Waals surface area contributed by atoms with Gasteiger partial charge in [0.2, 0.25) is 0 Å². The standard InChI is InChI=1S/C26H23ClN2O5/c1-3-33-18-9-5-8-17(13-18)29-23(16-7-6-12-28-15-16)22(25(31)26(29)32)24(30)20-14-19(34-4-2)10-11-21(20)27/h5-15,23,30H,3-4H2,1-2H3/b24-22+. The molecule has 0 radical (unpaired) electrons. The second-order valence-corrected chi connectivity index (χ2v) is 7.87. The summed E-state index contributed by atoms with van der Waals surface area (Å²) in [5.74, 6) is -0.960. The molecule has 7 nitrogen and oxygen atoms in total. The molecule has 1 amide bonds. The maximum absolute atomic E-state index is 13.3. The van der Waals surface area contributed by atoms with Crippen molar-refractivity contribution in [3.63, 3.8) is 0 Å². The van der Waals surface area contributed by atoms with Gasteiger partial charge in [-0.2, -0.15) is 0 Å². The van der Waals surface area contributed by atoms with Crippen LogP contribution in [0.5, 0.6) is 11.5 Å². The van der Waals surface area contributed by atoms with Crippen molar-refractivity contribution < 1.29 is 24.2 Å². The number of ether oxygens (including phenoxy) is 2. The third kappa shape index (κ3) is 4.34. The maximum atomic E-state index is 13.3. The number of rotatable bonds is 7. The van der Waals surface area contributed by atoms with Crippen LogP contribution in [0.15, 0.2) is 72.6 Å². The van der Waals surface area contributed by atoms with Crippen molar-refractivity contribution in [3.8, 4) is 11.5 Å². The van der Waals surface area contributed by atoms with E-state index in [2.05, 4.69) is 4.98 Å². The highest BCUT2D eigenvalue weighted by Crippen LogP contribution is 2.43. The molecule has 1 atom stereocenters. The minimum atomic E-state index is -0.919. The molecule has 3 aromatic rings. The third-order valence-corrected chi connectivity index (χ3v) is 5.68. The Morgan fingerprint density at radius 1 is 1.03 bits per heavy atom. The van der Waals surface area contributed by atoms with E-state index >= 15 is 0 Å². The van der Waals surface area contributed by atoms with Gasteiger partial charge in [0, 0.05) is 29.7 Å². The van der Waals surface area contributed by atoms with E-state index in [4.69, 9.17) is 21.1 Å². The summed E-state index contributed by atoms with van der Waals surface area (Å²) in [7, 11) is 0. The van der Waals surface area contributed by atoms with Crippen molar-refractivity contribution in [2.24, 2.45) is 0 Å². The number of aliphatic hydroxyl groups is 1. The molecule has 1 aliphatic rings. The molecule has 1 saturated heterocycles. The van der Waals surface area contributed by atoms with Crippen LogP contribution >= 0.6 is 11.6 Å². The highest BCUT2D eigenvalue weighted by molar-refractivity contribution is 6.52. The number of amides is 1. The summed E-state index contributed by atoms with van der Waals surface area (Å²) in [4.78, 5) is 32.1. The minimum absolute atomic E-state index is 0.0876. The molecule has 0 spiro atoms. The molecule has 0 aliphatic carbocycles. The van der Waals surface area contributed by atoms with Gasteiger partial charge in [0.05, 0.1) is 29.9 Å². The zero-order valence-electron chi connectivity index (χ0n) is 18.7. The van der Waals surface area contributed by atoms with E-state index in [0.717, 1.165) is 0 Å². The Labute approximate surface area is 202 Å². The first-order chi connectivity index (χ1) is 16.5. The van der Waals surface area contributed by atoms with E-state index in [1.165, 1.54) is 4.90 Å². The van der Waals surface area contributed by atoms with Crippen LogP contribution in [0.25, 0.3) is 5.76 Å². The first kappa shape index (κ1) is 23.3. The number of ketones is 1. The van der Waals surface area contributed by atoms with Gasteiger partial charge in [-0.25, -0.2) is 0 Å². The van der Waals surface area contributed by atoms with Crippen molar-refractivity contribution in [1.82, 2.24) is 4.98 Å². The number of carbonyl (C=O) groups is 2. The van der Waals surface area contributed by atoms with Crippen LogP contribution < -0.4 is 14.4 Å². The molecule has 174 valence electrons. The van der Waals surface area contributed by atoms with Gasteiger partial charge in [-0.05, 0) is 55.8 Å². The SMILES string of the molecule is CCOc1cccc(N2C(=O)C(=O)/C(=C(/O)c3cc(OCC)ccc3Cl)C2c2cccnc2)c1. The number of hydrogen-bond acceptors (Lipinski definition) is 6. The van der Waals surface area contributed by atoms with Crippen molar-refractivity contribution in [3.05, 3.63) is 88.7 Å². The fourth-order valence-corrected chi connectivity index (χ4v) is 4.14. The molecule has 2 aromatic carbocycles. The third-order valence-electron chi connectivity index (χ3n) is 5.36. The van der Waals surface area contributed by atoms with Crippen LogP contribution in [0.4, 0.5) is 5.69 Å². The van der Waals surface area contributed by atoms with Gasteiger partial charge in [-0.3, -0.25) is 19.5 Å². The number of nitrogens with zero attached hydrogens (tertiary/aromatic N) is 2. The van der Waals surface area contributed by atoms with Crippen LogP contribution in [0.3, 0.4) is 0 Å². The van der Waals surface area contributed by atoms with Crippen molar-refractivity contribution in [1.29, 1.82) is 0 Å². The van der Waals surface area contributed by atoms with E-state index in [9.17, 15) is 14.7 Å². The second-order valence-electron chi connectivity index (χ2n) is 7.46. The molecule has 1 fully saturated rings. The molecule has 0 saturated carbocycles. The number of aliphatic hydroxyl groups excluding tert-OH is 1. The Hall–Kier alpha value is -3.84. The fraction of sp³-hybridized carbons (Fsp3) is 0.192. The van der Waals surface area contributed by atoms with E-state index in [1.807, 2.05) is 13.8 Å². The smallest absolute Gasteiger partial charge is 0.300 e. The lowest BCUT2D eigenvalue weighted by Gasteiger charge is -2.25. The van der Waals surface area contributed by atoms with Gasteiger partial charge in [-0.15, -0.1) is 0 Å². The number of anilines is 1. The summed E-state index contributed by atoms with van der Waals surface area (Å²) >= 11 is 6.37. The molecule has 0 bridgehead atoms. The molecule has 2 heterocycles. The van der Waals surface area contributed by atoms with Crippen molar-refractivity contribution >= 4 is 34.7 Å². The van der Waals surface area contributed by atoms with Gasteiger partial charge in [-0.1, -0.05) is 23.7 Å². The number of benzene rings is 2. The number of hydrogen-bond donors (Lipinski definition) is 1. The molecular weight excluding hydrogens is 456 g/mol. The van der Waals surface area contributed by atoms with Crippen LogP contribution in [-0.4, -0.2) is 35.0 Å². The predicted molar refractivity (Wildman–Crippen MR) is 129 cm³/mol. The second kappa shape index (κ2) is 9.97. The largest absolute Gasteiger partial charge is 0.507 e. The van der Waals surface area contributed by atoms with Gasteiger partial charge in [0.1, 0.15) is 17.3 Å². The molecule has 8 heteroatoms. The topological polar surface area (TPSA) is 89.0 Å². The lowest BCUT2D eigenvalue weighted by atomic mass is 9.96. The molecule has 34 heavy (non-hydrogen) atoms. The predicted octanol–water partition coefficient (Wildman–Crippen LogP) is 5.16. The van der Waals surface area contributed by atoms with Crippen molar-refractivity contribution in [2.45, 2.75) is 19.9 Å². The molecule has 1 unspecified atom stereocenters. The van der Waals surface area contributed by atoms with E-state index in [-0.39, 0.29) is 21.9 Å². The lowest BCUT2D eigenvalue weighted by molar-refractivity contribution is -0.132. The quantitative estimate of drug-likeness (QED) is 0.286. The number of carbonyl (C=O) groups excluding carboxylic acids is 2. The molecule has 1 aromatic heterocycles. The van der Waals surface area contributed by atoms with E-state index < -0.39 is 17.7 Å². The normalized spacial score (nSPS) is 17.1. The highest BCUT2D eigenvalue weighted by atomic mass is 35.5. The van der Waals surface area contributed by atoms with Crippen LogP contribution in [0, 0.1) is 0 Å². The van der Waals surface area contributed by atoms with Crippen LogP contribution in [0.1, 0.15) is 31.0 Å². The zero-order chi connectivity index (χ0) is 24.2. The Bertz CT molecular complexity index is 1260. The summed E-state index contributed by atoms with van der Waals surface area (Å²) in [5.41, 5.74) is 1.12. The molecule has 4 rings (SSSR count). The molecule has 1 aliphatic heterocycles. The summed E-state index contributed by atoms with van der Waals surface area (Å²) in [6.45, 7) is 4.55. The maximum Gasteiger partial charge on any atom is 0.300 e. The van der Waals surface area contributed by atoms with Crippen LogP contribution in [-0.2, 0) is 9.59 Å². The van der Waals surface area contributed by atoms with Gasteiger partial charge < -0.3 is 14.6 Å². The summed E-state index contributed by atoms with van der Waals surface area (Å²) < 4.78 is 11.1. The Kier molecular flexibility index (Phi) is 6.84. The summed E-state index contributed by atoms with van der Waals surface area (Å²) in [6.07, 6.45) is 3.15. The fourth-order valence-electron chi connectivity index (χ4n) is 3.93. The van der Waals surface area contributed by atoms with Gasteiger partial charge in [0.15, 0.2) is 0 Å². The number of Topliss-reactive ketones (excluding diaryl/α,β-unsaturated/α-hetero) is 1. The van der Waals surface area contributed by atoms with Crippen LogP contribution in [0.2, 0.25) is 5.02 Å². The summed E-state index contributed by atoms with van der Waals surface area (Å²) in [6, 6.07) is 14.2. The molecule has 1 N–H and O–H groups in total. The first-order valence-electron chi connectivity index (χ1n) is 10.8. The first-order valence-corrected chi connectivity index (χ1v) is 11.2. The minimum Gasteiger partial charge on any atom is -0.507 e. The number of pyridine rings is 1. The van der Waals surface area contributed by atoms with E-state index in [1.54, 1.807) is 67.0 Å². The Morgan fingerprint density at radius 3 is 2.44 bits per heavy atom. The van der Waals surface area contributed by atoms with Gasteiger partial charge in [0.25, 0.3) is 11.7 Å². The Balaban J connectivity index is 1.92. The van der Waals surface area contributed by atoms with Gasteiger partial charge >= 0.3 is 0 Å². The molecular formula is C26H23ClN2O5. The lowest BCUT2D eigenvalue weighted by Crippen LogP contribution is -2.29. The zero-order valence-corrected chi connectivity index (χ0v) is 19.5. The van der Waals surface area contributed by atoms with E-state index in [0.29, 0.717) is 36.0 Å². The van der Waals surface area contributed by atoms with Crippen molar-refractivity contribution in [2.75, 3.05) is 18.1 Å². The summed E-state index contributed by atoms with van der Waals surface area (Å²) in [5, 5.41) is 11.5. The number of aromatic nitrogens is 1. The average molecular weight is 479 g/mol. The monoisotopic (exact) mass is 478 g/mol.